The Bertz CT molecular complexity index is 529. The van der Waals surface area contributed by atoms with Gasteiger partial charge in [0.25, 0.3) is 0 Å². The number of nitrogens with one attached hydrogen (secondary N) is 1. The van der Waals surface area contributed by atoms with Gasteiger partial charge in [-0.25, -0.2) is 4.98 Å². The summed E-state index contributed by atoms with van der Waals surface area (Å²) in [5, 5.41) is 6.96. The summed E-state index contributed by atoms with van der Waals surface area (Å²) in [5.41, 5.74) is 4.11. The number of hydrogen-bond donors (Lipinski definition) is 1. The number of benzene rings is 1. The van der Waals surface area contributed by atoms with E-state index in [-0.39, 0.29) is 6.04 Å². The Balaban J connectivity index is 1.99. The van der Waals surface area contributed by atoms with Crippen LogP contribution in [0.25, 0.3) is 0 Å². The van der Waals surface area contributed by atoms with Gasteiger partial charge in [0.2, 0.25) is 0 Å². The zero-order valence-corrected chi connectivity index (χ0v) is 11.6. The van der Waals surface area contributed by atoms with Crippen LogP contribution in [0.2, 0.25) is 0 Å². The van der Waals surface area contributed by atoms with E-state index < -0.39 is 0 Å². The van der Waals surface area contributed by atoms with E-state index in [4.69, 9.17) is 0 Å². The van der Waals surface area contributed by atoms with E-state index in [1.54, 1.807) is 11.3 Å². The average Bonchev–Trinajstić information content (AvgIpc) is 3.02. The maximum atomic E-state index is 4.50. The van der Waals surface area contributed by atoms with Crippen molar-refractivity contribution >= 4 is 11.3 Å². The van der Waals surface area contributed by atoms with Crippen molar-refractivity contribution in [3.8, 4) is 0 Å². The Morgan fingerprint density at radius 1 is 1.33 bits per heavy atom. The fourth-order valence-corrected chi connectivity index (χ4v) is 2.96. The second kappa shape index (κ2) is 4.82. The summed E-state index contributed by atoms with van der Waals surface area (Å²) in [6.07, 6.45) is 4.49. The first-order valence-corrected chi connectivity index (χ1v) is 7.35. The van der Waals surface area contributed by atoms with Crippen LogP contribution in [0, 0.1) is 13.8 Å². The highest BCUT2D eigenvalue weighted by Gasteiger charge is 2.28. The molecule has 1 aromatic heterocycles. The highest BCUT2D eigenvalue weighted by Crippen LogP contribution is 2.31. The van der Waals surface area contributed by atoms with Gasteiger partial charge in [0, 0.05) is 17.6 Å². The molecule has 1 unspecified atom stereocenters. The van der Waals surface area contributed by atoms with Crippen molar-refractivity contribution in [3.63, 3.8) is 0 Å². The molecule has 18 heavy (non-hydrogen) atoms. The third kappa shape index (κ3) is 2.33. The van der Waals surface area contributed by atoms with E-state index in [1.165, 1.54) is 34.5 Å². The molecule has 94 valence electrons. The number of hydrogen-bond acceptors (Lipinski definition) is 3. The van der Waals surface area contributed by atoms with Crippen molar-refractivity contribution in [3.05, 3.63) is 51.5 Å². The molecule has 1 aliphatic carbocycles. The van der Waals surface area contributed by atoms with Crippen molar-refractivity contribution in [2.24, 2.45) is 0 Å². The van der Waals surface area contributed by atoms with Gasteiger partial charge in [0.05, 0.1) is 6.04 Å². The monoisotopic (exact) mass is 258 g/mol. The fourth-order valence-electron chi connectivity index (χ4n) is 2.24. The predicted octanol–water partition coefficient (Wildman–Crippen LogP) is 3.60. The van der Waals surface area contributed by atoms with Crippen molar-refractivity contribution in [1.29, 1.82) is 0 Å². The molecule has 1 fully saturated rings. The first-order valence-electron chi connectivity index (χ1n) is 6.47. The summed E-state index contributed by atoms with van der Waals surface area (Å²) in [7, 11) is 0. The molecule has 1 saturated carbocycles. The molecule has 0 radical (unpaired) electrons. The maximum Gasteiger partial charge on any atom is 0.114 e. The Hall–Kier alpha value is -1.19. The molecule has 0 bridgehead atoms. The average molecular weight is 258 g/mol. The standard InChI is InChI=1S/C15H18N2S/c1-10-4-3-5-13(11(10)2)14(17-12-6-7-12)15-16-8-9-18-15/h3-5,8-9,12,14,17H,6-7H2,1-2H3. The largest absolute Gasteiger partial charge is 0.301 e. The second-order valence-electron chi connectivity index (χ2n) is 5.03. The highest BCUT2D eigenvalue weighted by molar-refractivity contribution is 7.09. The molecule has 2 aromatic rings. The minimum Gasteiger partial charge on any atom is -0.301 e. The Labute approximate surface area is 112 Å². The lowest BCUT2D eigenvalue weighted by Crippen LogP contribution is -2.25. The van der Waals surface area contributed by atoms with Crippen LogP contribution >= 0.6 is 11.3 Å². The molecule has 3 heteroatoms. The van der Waals surface area contributed by atoms with Crippen molar-refractivity contribution in [2.75, 3.05) is 0 Å². The van der Waals surface area contributed by atoms with Gasteiger partial charge in [-0.2, -0.15) is 0 Å². The van der Waals surface area contributed by atoms with Crippen molar-refractivity contribution in [2.45, 2.75) is 38.8 Å². The van der Waals surface area contributed by atoms with E-state index >= 15 is 0 Å². The number of nitrogens with zero attached hydrogens (tertiary/aromatic N) is 1. The fraction of sp³-hybridized carbons (Fsp3) is 0.400. The molecule has 1 aliphatic rings. The van der Waals surface area contributed by atoms with Gasteiger partial charge in [-0.3, -0.25) is 0 Å². The third-order valence-corrected chi connectivity index (χ3v) is 4.48. The molecular formula is C15H18N2S. The van der Waals surface area contributed by atoms with Gasteiger partial charge < -0.3 is 5.32 Å². The van der Waals surface area contributed by atoms with Crippen LogP contribution in [0.4, 0.5) is 0 Å². The van der Waals surface area contributed by atoms with Crippen LogP contribution in [0.1, 0.15) is 40.6 Å². The number of rotatable bonds is 4. The molecule has 1 atom stereocenters. The minimum absolute atomic E-state index is 0.261. The van der Waals surface area contributed by atoms with E-state index in [0.717, 1.165) is 0 Å². The van der Waals surface area contributed by atoms with Crippen LogP contribution in [0.5, 0.6) is 0 Å². The molecule has 0 saturated heterocycles. The molecular weight excluding hydrogens is 240 g/mol. The molecule has 0 amide bonds. The van der Waals surface area contributed by atoms with Gasteiger partial charge >= 0.3 is 0 Å². The summed E-state index contributed by atoms with van der Waals surface area (Å²) in [6, 6.07) is 7.49. The first kappa shape index (κ1) is 11.9. The molecule has 1 heterocycles. The number of aryl methyl sites for hydroxylation is 1. The van der Waals surface area contributed by atoms with Gasteiger partial charge in [-0.05, 0) is 43.4 Å². The maximum absolute atomic E-state index is 4.50. The summed E-state index contributed by atoms with van der Waals surface area (Å²) in [5.74, 6) is 0. The lowest BCUT2D eigenvalue weighted by Gasteiger charge is -2.20. The summed E-state index contributed by atoms with van der Waals surface area (Å²) >= 11 is 1.74. The molecule has 1 aromatic carbocycles. The SMILES string of the molecule is Cc1cccc(C(NC2CC2)c2nccs2)c1C. The van der Waals surface area contributed by atoms with Crippen molar-refractivity contribution in [1.82, 2.24) is 10.3 Å². The zero-order chi connectivity index (χ0) is 12.5. The zero-order valence-electron chi connectivity index (χ0n) is 10.8. The summed E-state index contributed by atoms with van der Waals surface area (Å²) < 4.78 is 0. The van der Waals surface area contributed by atoms with Gasteiger partial charge in [0.15, 0.2) is 0 Å². The number of thiazole rings is 1. The van der Waals surface area contributed by atoms with Gasteiger partial charge in [0.1, 0.15) is 5.01 Å². The topological polar surface area (TPSA) is 24.9 Å². The smallest absolute Gasteiger partial charge is 0.114 e. The van der Waals surface area contributed by atoms with E-state index in [2.05, 4.69) is 47.7 Å². The minimum atomic E-state index is 0.261. The second-order valence-corrected chi connectivity index (χ2v) is 5.96. The van der Waals surface area contributed by atoms with E-state index in [9.17, 15) is 0 Å². The molecule has 3 rings (SSSR count). The van der Waals surface area contributed by atoms with Gasteiger partial charge in [-0.15, -0.1) is 11.3 Å². The molecule has 2 nitrogen and oxygen atoms in total. The lowest BCUT2D eigenvalue weighted by molar-refractivity contribution is 0.595. The Morgan fingerprint density at radius 3 is 2.83 bits per heavy atom. The highest BCUT2D eigenvalue weighted by atomic mass is 32.1. The van der Waals surface area contributed by atoms with Crippen LogP contribution < -0.4 is 5.32 Å². The van der Waals surface area contributed by atoms with E-state index in [0.29, 0.717) is 6.04 Å². The molecule has 0 spiro atoms. The van der Waals surface area contributed by atoms with Crippen molar-refractivity contribution < 1.29 is 0 Å². The Morgan fingerprint density at radius 2 is 2.17 bits per heavy atom. The Kier molecular flexibility index (Phi) is 3.18. The van der Waals surface area contributed by atoms with Crippen LogP contribution in [0.3, 0.4) is 0 Å². The first-order chi connectivity index (χ1) is 8.75. The lowest BCUT2D eigenvalue weighted by atomic mass is 9.97. The molecule has 1 N–H and O–H groups in total. The van der Waals surface area contributed by atoms with E-state index in [1.807, 2.05) is 6.20 Å². The van der Waals surface area contributed by atoms with Crippen LogP contribution in [-0.4, -0.2) is 11.0 Å². The quantitative estimate of drug-likeness (QED) is 0.906. The van der Waals surface area contributed by atoms with Crippen LogP contribution in [0.15, 0.2) is 29.8 Å². The number of aromatic nitrogens is 1. The third-order valence-electron chi connectivity index (χ3n) is 3.64. The normalized spacial score (nSPS) is 16.8. The van der Waals surface area contributed by atoms with Crippen LogP contribution in [-0.2, 0) is 0 Å². The van der Waals surface area contributed by atoms with Gasteiger partial charge in [-0.1, -0.05) is 18.2 Å². The predicted molar refractivity (Wildman–Crippen MR) is 76.0 cm³/mol. The summed E-state index contributed by atoms with van der Waals surface area (Å²) in [4.78, 5) is 4.50. The summed E-state index contributed by atoms with van der Waals surface area (Å²) in [6.45, 7) is 4.38. The molecule has 0 aliphatic heterocycles.